The molecule has 10 aromatic carbocycles. The summed E-state index contributed by atoms with van der Waals surface area (Å²) in [5.74, 6) is -6.40. The van der Waals surface area contributed by atoms with E-state index in [4.69, 9.17) is 47.4 Å². The lowest BCUT2D eigenvalue weighted by atomic mass is 9.98. The lowest BCUT2D eigenvalue weighted by Gasteiger charge is -2.34. The SMILES string of the molecule is Cc1c(O)cc(C(=O)OCC(OC(=O)c2cc(O)c(C)c(O)c2)C(O)(COC(=O)c2cc(OCc3ccccc3)c(OCc3ccccc3)c(OCc3ccccc3)c2)COC(=O)c2cc(OCc3ccccc3)c(OCc3ccccc3)c(OCc3ccccc3)c2)cc1O. The van der Waals surface area contributed by atoms with Crippen molar-refractivity contribution in [3.63, 3.8) is 0 Å². The summed E-state index contributed by atoms with van der Waals surface area (Å²) in [6, 6.07) is 64.8. The number of esters is 4. The molecular weight excluding hydrogens is 1230 g/mol. The van der Waals surface area contributed by atoms with Crippen molar-refractivity contribution in [1.82, 2.24) is 0 Å². The number of rotatable bonds is 30. The van der Waals surface area contributed by atoms with Crippen molar-refractivity contribution >= 4 is 23.9 Å². The van der Waals surface area contributed by atoms with Crippen LogP contribution in [0, 0.1) is 13.8 Å². The summed E-state index contributed by atoms with van der Waals surface area (Å²) in [5.41, 5.74) is 0.510. The van der Waals surface area contributed by atoms with Gasteiger partial charge in [-0.05, 0) is 95.8 Å². The molecule has 0 bridgehead atoms. The second-order valence-corrected chi connectivity index (χ2v) is 22.3. The van der Waals surface area contributed by atoms with Crippen LogP contribution in [0.15, 0.2) is 231 Å². The number of carbonyl (C=O) groups excluding carboxylic acids is 4. The Hall–Kier alpha value is -12.0. The van der Waals surface area contributed by atoms with E-state index in [9.17, 15) is 44.7 Å². The van der Waals surface area contributed by atoms with Gasteiger partial charge in [-0.1, -0.05) is 182 Å². The first kappa shape index (κ1) is 66.9. The molecule has 0 fully saturated rings. The minimum atomic E-state index is -2.93. The zero-order chi connectivity index (χ0) is 67.4. The van der Waals surface area contributed by atoms with Gasteiger partial charge in [-0.2, -0.15) is 0 Å². The fourth-order valence-corrected chi connectivity index (χ4v) is 9.61. The fraction of sp³-hybridized carbons (Fsp3) is 0.169. The molecule has 0 spiro atoms. The van der Waals surface area contributed by atoms with Crippen LogP contribution in [0.3, 0.4) is 0 Å². The van der Waals surface area contributed by atoms with Crippen LogP contribution in [0.4, 0.5) is 0 Å². The van der Waals surface area contributed by atoms with Crippen molar-refractivity contribution < 1.29 is 92.1 Å². The van der Waals surface area contributed by atoms with E-state index in [1.165, 1.54) is 38.1 Å². The quantitative estimate of drug-likeness (QED) is 0.0207. The number of ether oxygens (including phenoxy) is 10. The van der Waals surface area contributed by atoms with Crippen LogP contribution in [-0.4, -0.2) is 80.9 Å². The first-order chi connectivity index (χ1) is 46.5. The van der Waals surface area contributed by atoms with E-state index in [1.807, 2.05) is 182 Å². The Balaban J connectivity index is 1.04. The van der Waals surface area contributed by atoms with Crippen LogP contribution in [0.2, 0.25) is 0 Å². The molecule has 0 aliphatic carbocycles. The summed E-state index contributed by atoms with van der Waals surface area (Å²) in [6.45, 7) is -0.647. The normalized spacial score (nSPS) is 11.3. The summed E-state index contributed by atoms with van der Waals surface area (Å²) in [7, 11) is 0. The van der Waals surface area contributed by atoms with Gasteiger partial charge in [-0.15, -0.1) is 0 Å². The summed E-state index contributed by atoms with van der Waals surface area (Å²) in [4.78, 5) is 58.2. The third kappa shape index (κ3) is 18.0. The zero-order valence-electron chi connectivity index (χ0n) is 52.3. The lowest BCUT2D eigenvalue weighted by Crippen LogP contribution is -2.55. The minimum Gasteiger partial charge on any atom is -0.508 e. The number of hydrogen-bond donors (Lipinski definition) is 5. The van der Waals surface area contributed by atoms with Gasteiger partial charge in [0.1, 0.15) is 82.5 Å². The van der Waals surface area contributed by atoms with Crippen molar-refractivity contribution in [1.29, 1.82) is 0 Å². The Bertz CT molecular complexity index is 3890. The summed E-state index contributed by atoms with van der Waals surface area (Å²) < 4.78 is 62.2. The first-order valence-electron chi connectivity index (χ1n) is 30.4. The van der Waals surface area contributed by atoms with Gasteiger partial charge in [0.15, 0.2) is 34.7 Å². The second-order valence-electron chi connectivity index (χ2n) is 22.3. The highest BCUT2D eigenvalue weighted by atomic mass is 16.6. The van der Waals surface area contributed by atoms with Crippen LogP contribution < -0.4 is 28.4 Å². The van der Waals surface area contributed by atoms with Crippen LogP contribution in [0.1, 0.15) is 85.9 Å². The van der Waals surface area contributed by atoms with E-state index in [0.29, 0.717) is 0 Å². The second kappa shape index (κ2) is 32.1. The molecule has 0 heterocycles. The molecule has 490 valence electrons. The standard InChI is InChI=1S/C77H68O19/c1-50-62(78)33-58(34-63(50)79)73(82)93-47-70(96-76(85)59-35-64(80)51(2)65(81)36-59)77(86,48-94-74(83)60-37-66(87-41-52-21-9-3-10-22-52)71(91-45-56-29-17-7-18-30-56)67(38-60)88-42-53-23-11-4-12-24-53)49-95-75(84)61-39-68(89-43-54-25-13-5-14-26-54)72(92-46-57-31-19-8-20-32-57)69(40-61)90-44-55-27-15-6-16-28-55/h3-40,70,78-81,86H,41-49H2,1-2H3. The molecule has 0 radical (unpaired) electrons. The summed E-state index contributed by atoms with van der Waals surface area (Å²) in [6.07, 6.45) is -2.20. The van der Waals surface area contributed by atoms with Gasteiger partial charge in [0.25, 0.3) is 0 Å². The Labute approximate surface area is 553 Å². The Morgan fingerprint density at radius 1 is 0.333 bits per heavy atom. The molecule has 0 saturated carbocycles. The Morgan fingerprint density at radius 2 is 0.573 bits per heavy atom. The van der Waals surface area contributed by atoms with E-state index >= 15 is 0 Å². The molecule has 0 saturated heterocycles. The van der Waals surface area contributed by atoms with Gasteiger partial charge < -0.3 is 72.9 Å². The third-order valence-corrected chi connectivity index (χ3v) is 15.2. The number of aliphatic hydroxyl groups is 1. The largest absolute Gasteiger partial charge is 0.508 e. The number of phenolic OH excluding ortho intramolecular Hbond substituents is 4. The van der Waals surface area contributed by atoms with Gasteiger partial charge in [0, 0.05) is 11.1 Å². The van der Waals surface area contributed by atoms with Crippen LogP contribution in [-0.2, 0) is 58.6 Å². The molecule has 0 aromatic heterocycles. The number of benzene rings is 10. The number of hydrogen-bond acceptors (Lipinski definition) is 19. The highest BCUT2D eigenvalue weighted by molar-refractivity contribution is 5.93. The van der Waals surface area contributed by atoms with E-state index in [0.717, 1.165) is 57.6 Å². The van der Waals surface area contributed by atoms with Crippen molar-refractivity contribution in [2.45, 2.75) is 65.2 Å². The molecule has 0 aliphatic heterocycles. The van der Waals surface area contributed by atoms with Crippen LogP contribution in [0.25, 0.3) is 0 Å². The molecular formula is C77H68O19. The molecule has 0 amide bonds. The van der Waals surface area contributed by atoms with Gasteiger partial charge in [-0.3, -0.25) is 0 Å². The summed E-state index contributed by atoms with van der Waals surface area (Å²) >= 11 is 0. The third-order valence-electron chi connectivity index (χ3n) is 15.2. The molecule has 10 rings (SSSR count). The molecule has 96 heavy (non-hydrogen) atoms. The highest BCUT2D eigenvalue weighted by Gasteiger charge is 2.45. The van der Waals surface area contributed by atoms with Gasteiger partial charge in [-0.25, -0.2) is 19.2 Å². The van der Waals surface area contributed by atoms with Gasteiger partial charge in [0.2, 0.25) is 11.5 Å². The molecule has 10 aromatic rings. The predicted molar refractivity (Wildman–Crippen MR) is 352 cm³/mol. The molecule has 0 aliphatic rings. The van der Waals surface area contributed by atoms with E-state index in [-0.39, 0.29) is 102 Å². The Morgan fingerprint density at radius 3 is 0.854 bits per heavy atom. The van der Waals surface area contributed by atoms with E-state index < -0.39 is 84.0 Å². The fourth-order valence-electron chi connectivity index (χ4n) is 9.61. The maximum absolute atomic E-state index is 15.0. The van der Waals surface area contributed by atoms with E-state index in [2.05, 4.69) is 0 Å². The number of phenols is 4. The topological polar surface area (TPSA) is 262 Å². The molecule has 19 nitrogen and oxygen atoms in total. The zero-order valence-corrected chi connectivity index (χ0v) is 52.3. The average molecular weight is 1300 g/mol. The first-order valence-corrected chi connectivity index (χ1v) is 30.4. The average Bonchev–Trinajstić information content (AvgIpc) is 0.845. The lowest BCUT2D eigenvalue weighted by molar-refractivity contribution is -0.150. The number of aromatic hydroxyl groups is 4. The predicted octanol–water partition coefficient (Wildman–Crippen LogP) is 13.4. The molecule has 5 N–H and O–H groups in total. The molecule has 1 unspecified atom stereocenters. The number of carbonyl (C=O) groups is 4. The van der Waals surface area contributed by atoms with Crippen molar-refractivity contribution in [2.24, 2.45) is 0 Å². The van der Waals surface area contributed by atoms with Crippen LogP contribution >= 0.6 is 0 Å². The van der Waals surface area contributed by atoms with Gasteiger partial charge >= 0.3 is 23.9 Å². The van der Waals surface area contributed by atoms with Crippen molar-refractivity contribution in [2.75, 3.05) is 19.8 Å². The van der Waals surface area contributed by atoms with Crippen molar-refractivity contribution in [3.8, 4) is 57.5 Å². The minimum absolute atomic E-state index is 0.000861. The maximum Gasteiger partial charge on any atom is 0.338 e. The van der Waals surface area contributed by atoms with Gasteiger partial charge in [0.05, 0.1) is 22.3 Å². The van der Waals surface area contributed by atoms with Crippen LogP contribution in [0.5, 0.6) is 57.5 Å². The molecule has 19 heteroatoms. The summed E-state index contributed by atoms with van der Waals surface area (Å²) in [5, 5.41) is 56.0. The van der Waals surface area contributed by atoms with E-state index in [1.54, 1.807) is 0 Å². The Kier molecular flexibility index (Phi) is 22.4. The maximum atomic E-state index is 15.0. The highest BCUT2D eigenvalue weighted by Crippen LogP contribution is 2.43. The monoisotopic (exact) mass is 1300 g/mol. The smallest absolute Gasteiger partial charge is 0.338 e. The molecule has 1 atom stereocenters. The van der Waals surface area contributed by atoms with Crippen molar-refractivity contribution in [3.05, 3.63) is 297 Å².